The number of piperidine rings is 1. The average molecular weight is 365 g/mol. The van der Waals surface area contributed by atoms with Gasteiger partial charge in [0.1, 0.15) is 0 Å². The van der Waals surface area contributed by atoms with Gasteiger partial charge in [-0.2, -0.15) is 5.10 Å². The number of hydrogen-bond acceptors (Lipinski definition) is 3. The second kappa shape index (κ2) is 7.29. The molecule has 5 heteroatoms. The van der Waals surface area contributed by atoms with Crippen LogP contribution in [0.25, 0.3) is 0 Å². The summed E-state index contributed by atoms with van der Waals surface area (Å²) in [4.78, 5) is 27.1. The molecule has 0 N–H and O–H groups in total. The lowest BCUT2D eigenvalue weighted by Gasteiger charge is -2.32. The Bertz CT molecular complexity index is 903. The molecule has 2 aliphatic rings. The Kier molecular flexibility index (Phi) is 4.85. The van der Waals surface area contributed by atoms with Crippen molar-refractivity contribution in [2.45, 2.75) is 52.5 Å². The van der Waals surface area contributed by atoms with Crippen molar-refractivity contribution in [2.75, 3.05) is 13.1 Å². The summed E-state index contributed by atoms with van der Waals surface area (Å²) in [7, 11) is 0. The van der Waals surface area contributed by atoms with E-state index in [1.807, 2.05) is 30.9 Å². The van der Waals surface area contributed by atoms with Crippen LogP contribution in [-0.4, -0.2) is 33.7 Å². The molecular formula is C22H27N3O2. The molecule has 1 saturated heterocycles. The Labute approximate surface area is 160 Å². The molecular weight excluding hydrogens is 338 g/mol. The molecule has 0 spiro atoms. The second-order valence-electron chi connectivity index (χ2n) is 8.10. The van der Waals surface area contributed by atoms with E-state index in [0.717, 1.165) is 73.1 Å². The van der Waals surface area contributed by atoms with Crippen LogP contribution >= 0.6 is 0 Å². The fourth-order valence-electron chi connectivity index (χ4n) is 4.41. The normalized spacial score (nSPS) is 17.2. The van der Waals surface area contributed by atoms with Crippen molar-refractivity contribution in [2.24, 2.45) is 5.92 Å². The van der Waals surface area contributed by atoms with E-state index in [4.69, 9.17) is 0 Å². The Balaban J connectivity index is 1.39. The minimum Gasteiger partial charge on any atom is -0.339 e. The summed E-state index contributed by atoms with van der Waals surface area (Å²) in [5.74, 6) is 0.519. The van der Waals surface area contributed by atoms with Crippen molar-refractivity contribution in [1.82, 2.24) is 14.7 Å². The molecule has 2 heterocycles. The summed E-state index contributed by atoms with van der Waals surface area (Å²) in [5.41, 5.74) is 5.26. The number of carbonyl (C=O) groups is 1. The number of aryl methyl sites for hydroxylation is 4. The Morgan fingerprint density at radius 3 is 2.48 bits per heavy atom. The molecule has 0 atom stereocenters. The maximum atomic E-state index is 12.8. The molecule has 0 bridgehead atoms. The van der Waals surface area contributed by atoms with Crippen molar-refractivity contribution >= 4 is 5.91 Å². The fraction of sp³-hybridized carbons (Fsp3) is 0.500. The lowest BCUT2D eigenvalue weighted by molar-refractivity contribution is 0.0680. The van der Waals surface area contributed by atoms with Gasteiger partial charge in [-0.25, -0.2) is 4.68 Å². The zero-order valence-corrected chi connectivity index (χ0v) is 16.2. The third kappa shape index (κ3) is 3.82. The topological polar surface area (TPSA) is 55.2 Å². The zero-order chi connectivity index (χ0) is 19.0. The van der Waals surface area contributed by atoms with E-state index in [0.29, 0.717) is 12.5 Å². The molecule has 4 rings (SSSR count). The van der Waals surface area contributed by atoms with Gasteiger partial charge in [0, 0.05) is 31.3 Å². The molecule has 5 nitrogen and oxygen atoms in total. The number of amides is 1. The quantitative estimate of drug-likeness (QED) is 0.840. The molecule has 1 aliphatic heterocycles. The molecule has 1 aromatic carbocycles. The fourth-order valence-corrected chi connectivity index (χ4v) is 4.41. The first-order valence-electron chi connectivity index (χ1n) is 9.97. The highest BCUT2D eigenvalue weighted by Gasteiger charge is 2.25. The highest BCUT2D eigenvalue weighted by molar-refractivity contribution is 5.94. The number of hydrogen-bond donors (Lipinski definition) is 0. The largest absolute Gasteiger partial charge is 0.339 e. The third-order valence-corrected chi connectivity index (χ3v) is 5.83. The number of carbonyl (C=O) groups excluding carboxylic acids is 1. The van der Waals surface area contributed by atoms with Crippen LogP contribution in [0.4, 0.5) is 0 Å². The van der Waals surface area contributed by atoms with Crippen LogP contribution < -0.4 is 5.56 Å². The van der Waals surface area contributed by atoms with E-state index in [1.54, 1.807) is 10.7 Å². The van der Waals surface area contributed by atoms with Crippen LogP contribution in [0.2, 0.25) is 0 Å². The Morgan fingerprint density at radius 1 is 1.07 bits per heavy atom. The molecule has 0 saturated carbocycles. The lowest BCUT2D eigenvalue weighted by atomic mass is 9.96. The van der Waals surface area contributed by atoms with Crippen molar-refractivity contribution < 1.29 is 4.79 Å². The van der Waals surface area contributed by atoms with Gasteiger partial charge in [-0.3, -0.25) is 9.59 Å². The van der Waals surface area contributed by atoms with Crippen molar-refractivity contribution in [3.05, 3.63) is 62.6 Å². The van der Waals surface area contributed by atoms with Gasteiger partial charge in [0.25, 0.3) is 11.5 Å². The maximum Gasteiger partial charge on any atom is 0.267 e. The first kappa shape index (κ1) is 18.0. The second-order valence-corrected chi connectivity index (χ2v) is 8.10. The summed E-state index contributed by atoms with van der Waals surface area (Å²) < 4.78 is 1.65. The van der Waals surface area contributed by atoms with E-state index in [-0.39, 0.29) is 11.5 Å². The average Bonchev–Trinajstić information content (AvgIpc) is 3.08. The SMILES string of the molecule is Cc1cc(C)cc(C(=O)N2CCC(Cn3nc4c(cc3=O)CCC4)CC2)c1. The molecule has 0 radical (unpaired) electrons. The van der Waals surface area contributed by atoms with E-state index >= 15 is 0 Å². The third-order valence-electron chi connectivity index (χ3n) is 5.83. The minimum atomic E-state index is 0.0180. The predicted octanol–water partition coefficient (Wildman–Crippen LogP) is 2.90. The van der Waals surface area contributed by atoms with Crippen molar-refractivity contribution in [1.29, 1.82) is 0 Å². The van der Waals surface area contributed by atoms with E-state index in [9.17, 15) is 9.59 Å². The van der Waals surface area contributed by atoms with E-state index < -0.39 is 0 Å². The van der Waals surface area contributed by atoms with Crippen LogP contribution in [0.5, 0.6) is 0 Å². The maximum absolute atomic E-state index is 12.8. The standard InChI is InChI=1S/C22H27N3O2/c1-15-10-16(2)12-19(11-15)22(27)24-8-6-17(7-9-24)14-25-21(26)13-18-4-3-5-20(18)23-25/h10-13,17H,3-9,14H2,1-2H3. The number of aromatic nitrogens is 2. The Hall–Kier alpha value is -2.43. The van der Waals surface area contributed by atoms with Crippen molar-refractivity contribution in [3.63, 3.8) is 0 Å². The zero-order valence-electron chi connectivity index (χ0n) is 16.2. The van der Waals surface area contributed by atoms with Gasteiger partial charge < -0.3 is 4.90 Å². The molecule has 1 fully saturated rings. The number of benzene rings is 1. The van der Waals surface area contributed by atoms with Gasteiger partial charge in [-0.05, 0) is 69.6 Å². The first-order chi connectivity index (χ1) is 13.0. The van der Waals surface area contributed by atoms with Gasteiger partial charge in [-0.1, -0.05) is 17.2 Å². The molecule has 1 amide bonds. The first-order valence-corrected chi connectivity index (χ1v) is 9.97. The predicted molar refractivity (Wildman–Crippen MR) is 105 cm³/mol. The Morgan fingerprint density at radius 2 is 1.78 bits per heavy atom. The molecule has 1 aromatic heterocycles. The lowest BCUT2D eigenvalue weighted by Crippen LogP contribution is -2.40. The summed E-state index contributed by atoms with van der Waals surface area (Å²) in [6.45, 7) is 6.21. The molecule has 27 heavy (non-hydrogen) atoms. The number of likely N-dealkylation sites (tertiary alicyclic amines) is 1. The number of rotatable bonds is 3. The van der Waals surface area contributed by atoms with Gasteiger partial charge in [0.05, 0.1) is 5.69 Å². The van der Waals surface area contributed by atoms with Crippen LogP contribution in [0, 0.1) is 19.8 Å². The molecule has 2 aromatic rings. The summed E-state index contributed by atoms with van der Waals surface area (Å²) in [6.07, 6.45) is 4.91. The van der Waals surface area contributed by atoms with Gasteiger partial charge in [0.15, 0.2) is 0 Å². The van der Waals surface area contributed by atoms with Crippen LogP contribution in [0.1, 0.15) is 52.0 Å². The van der Waals surface area contributed by atoms with Gasteiger partial charge in [0.2, 0.25) is 0 Å². The van der Waals surface area contributed by atoms with E-state index in [1.165, 1.54) is 0 Å². The molecule has 142 valence electrons. The minimum absolute atomic E-state index is 0.0180. The smallest absolute Gasteiger partial charge is 0.267 e. The van der Waals surface area contributed by atoms with E-state index in [2.05, 4.69) is 11.2 Å². The van der Waals surface area contributed by atoms with Gasteiger partial charge in [-0.15, -0.1) is 0 Å². The molecule has 1 aliphatic carbocycles. The van der Waals surface area contributed by atoms with Crippen LogP contribution in [0.15, 0.2) is 29.1 Å². The monoisotopic (exact) mass is 365 g/mol. The highest BCUT2D eigenvalue weighted by Crippen LogP contribution is 2.22. The summed E-state index contributed by atoms with van der Waals surface area (Å²) in [6, 6.07) is 7.79. The van der Waals surface area contributed by atoms with Crippen LogP contribution in [0.3, 0.4) is 0 Å². The highest BCUT2D eigenvalue weighted by atomic mass is 16.2. The molecule has 0 unspecified atom stereocenters. The number of fused-ring (bicyclic) bond motifs is 1. The number of nitrogens with zero attached hydrogens (tertiary/aromatic N) is 3. The summed E-state index contributed by atoms with van der Waals surface area (Å²) in [5, 5.41) is 4.59. The van der Waals surface area contributed by atoms with Gasteiger partial charge >= 0.3 is 0 Å². The van der Waals surface area contributed by atoms with Crippen LogP contribution in [-0.2, 0) is 19.4 Å². The summed E-state index contributed by atoms with van der Waals surface area (Å²) >= 11 is 0. The van der Waals surface area contributed by atoms with Crippen molar-refractivity contribution in [3.8, 4) is 0 Å².